The Kier molecular flexibility index (Phi) is 3.31. The molecule has 0 aromatic heterocycles. The van der Waals surface area contributed by atoms with Gasteiger partial charge in [0.25, 0.3) is 5.91 Å². The van der Waals surface area contributed by atoms with Crippen molar-refractivity contribution >= 4 is 12.6 Å². The van der Waals surface area contributed by atoms with Crippen LogP contribution in [0.25, 0.3) is 0 Å². The average molecular weight is 127 g/mol. The Morgan fingerprint density at radius 3 is 2.78 bits per heavy atom. The van der Waals surface area contributed by atoms with E-state index in [9.17, 15) is 4.79 Å². The van der Waals surface area contributed by atoms with Crippen molar-refractivity contribution in [3.05, 3.63) is 11.8 Å². The lowest BCUT2D eigenvalue weighted by Gasteiger charge is -1.91. The topological polar surface area (TPSA) is 67.5 Å². The summed E-state index contributed by atoms with van der Waals surface area (Å²) < 4.78 is 0. The van der Waals surface area contributed by atoms with Gasteiger partial charge in [0.1, 0.15) is 0 Å². The Balaban J connectivity index is 4.01. The summed E-state index contributed by atoms with van der Waals surface area (Å²) in [7, 11) is 0. The summed E-state index contributed by atoms with van der Waals surface area (Å²) in [6.45, 7) is 4.65. The van der Waals surface area contributed by atoms with Gasteiger partial charge >= 0.3 is 0 Å². The third-order valence-corrected chi connectivity index (χ3v) is 0.781. The van der Waals surface area contributed by atoms with E-state index < -0.39 is 0 Å². The van der Waals surface area contributed by atoms with Gasteiger partial charge in [0.15, 0.2) is 0 Å². The molecule has 0 bridgehead atoms. The van der Waals surface area contributed by atoms with Gasteiger partial charge < -0.3 is 5.43 Å². The second-order valence-electron chi connectivity index (χ2n) is 1.46. The Morgan fingerprint density at radius 2 is 2.44 bits per heavy atom. The fourth-order valence-corrected chi connectivity index (χ4v) is 0.311. The van der Waals surface area contributed by atoms with E-state index in [2.05, 4.69) is 17.1 Å². The molecule has 0 aromatic rings. The second-order valence-corrected chi connectivity index (χ2v) is 1.46. The van der Waals surface area contributed by atoms with Crippen molar-refractivity contribution in [2.24, 2.45) is 10.8 Å². The minimum Gasteiger partial charge on any atom is -0.331 e. The molecule has 0 heterocycles. The van der Waals surface area contributed by atoms with Crippen LogP contribution in [0.5, 0.6) is 0 Å². The van der Waals surface area contributed by atoms with Crippen LogP contribution in [0.1, 0.15) is 6.92 Å². The minimum absolute atomic E-state index is 0.368. The quantitative estimate of drug-likeness (QED) is 0.229. The van der Waals surface area contributed by atoms with Gasteiger partial charge in [-0.25, -0.2) is 4.99 Å². The molecule has 0 spiro atoms. The number of hydrogen-bond donors (Lipinski definition) is 2. The largest absolute Gasteiger partial charge is 0.331 e. The number of carbonyl (C=O) groups is 1. The standard InChI is InChI=1S/C5H9N3O/c1-4(3-8-6)5(9)7-2/h3,8H,2,6H2,1H3. The molecule has 0 radical (unpaired) electrons. The molecule has 4 heteroatoms. The van der Waals surface area contributed by atoms with Crippen LogP contribution in [-0.4, -0.2) is 12.6 Å². The van der Waals surface area contributed by atoms with E-state index in [1.54, 1.807) is 6.92 Å². The van der Waals surface area contributed by atoms with E-state index in [1.807, 2.05) is 0 Å². The fourth-order valence-electron chi connectivity index (χ4n) is 0.311. The van der Waals surface area contributed by atoms with Gasteiger partial charge in [-0.05, 0) is 13.6 Å². The maximum Gasteiger partial charge on any atom is 0.273 e. The normalized spacial score (nSPS) is 10.7. The monoisotopic (exact) mass is 127 g/mol. The number of nitrogens with two attached hydrogens (primary N) is 1. The van der Waals surface area contributed by atoms with E-state index in [1.165, 1.54) is 6.20 Å². The van der Waals surface area contributed by atoms with Gasteiger partial charge in [-0.15, -0.1) is 0 Å². The van der Waals surface area contributed by atoms with Crippen molar-refractivity contribution in [3.8, 4) is 0 Å². The van der Waals surface area contributed by atoms with Crippen molar-refractivity contribution in [2.75, 3.05) is 0 Å². The Bertz CT molecular complexity index is 150. The molecule has 0 aliphatic heterocycles. The smallest absolute Gasteiger partial charge is 0.273 e. The molecule has 4 nitrogen and oxygen atoms in total. The number of nitrogens with one attached hydrogen (secondary N) is 1. The van der Waals surface area contributed by atoms with Crippen molar-refractivity contribution in [1.29, 1.82) is 0 Å². The molecule has 0 aromatic carbocycles. The highest BCUT2D eigenvalue weighted by Gasteiger charge is 1.96. The lowest BCUT2D eigenvalue weighted by Crippen LogP contribution is -2.15. The first-order valence-electron chi connectivity index (χ1n) is 2.36. The molecular weight excluding hydrogens is 118 g/mol. The first-order valence-corrected chi connectivity index (χ1v) is 2.36. The highest BCUT2D eigenvalue weighted by Crippen LogP contribution is 1.90. The summed E-state index contributed by atoms with van der Waals surface area (Å²) in [5.41, 5.74) is 2.65. The Hall–Kier alpha value is -1.16. The first-order chi connectivity index (χ1) is 4.22. The maximum atomic E-state index is 10.5. The second kappa shape index (κ2) is 3.80. The zero-order chi connectivity index (χ0) is 7.28. The third-order valence-electron chi connectivity index (χ3n) is 0.781. The van der Waals surface area contributed by atoms with Gasteiger partial charge in [-0.3, -0.25) is 10.6 Å². The van der Waals surface area contributed by atoms with Crippen LogP contribution >= 0.6 is 0 Å². The van der Waals surface area contributed by atoms with Crippen LogP contribution in [0.3, 0.4) is 0 Å². The van der Waals surface area contributed by atoms with E-state index in [-0.39, 0.29) is 5.91 Å². The molecule has 0 saturated heterocycles. The van der Waals surface area contributed by atoms with Crippen LogP contribution in [0.15, 0.2) is 16.8 Å². The maximum absolute atomic E-state index is 10.5. The SMILES string of the molecule is C=NC(=O)C(C)=CNN. The lowest BCUT2D eigenvalue weighted by atomic mass is 10.3. The molecule has 0 rings (SSSR count). The highest BCUT2D eigenvalue weighted by molar-refractivity contribution is 5.95. The molecule has 0 saturated carbocycles. The summed E-state index contributed by atoms with van der Waals surface area (Å²) >= 11 is 0. The number of nitrogens with zero attached hydrogens (tertiary/aromatic N) is 1. The van der Waals surface area contributed by atoms with E-state index in [0.717, 1.165) is 0 Å². The van der Waals surface area contributed by atoms with E-state index in [0.29, 0.717) is 5.57 Å². The molecule has 50 valence electrons. The summed E-state index contributed by atoms with van der Waals surface area (Å²) in [6, 6.07) is 0. The summed E-state index contributed by atoms with van der Waals surface area (Å²) in [6.07, 6.45) is 1.36. The zero-order valence-electron chi connectivity index (χ0n) is 5.22. The van der Waals surface area contributed by atoms with Crippen LogP contribution in [0.4, 0.5) is 0 Å². The molecule has 0 aliphatic carbocycles. The highest BCUT2D eigenvalue weighted by atomic mass is 16.1. The fraction of sp³-hybridized carbons (Fsp3) is 0.200. The summed E-state index contributed by atoms with van der Waals surface area (Å²) in [4.78, 5) is 13.7. The van der Waals surface area contributed by atoms with Crippen molar-refractivity contribution < 1.29 is 4.79 Å². The number of hydrogen-bond acceptors (Lipinski definition) is 3. The number of hydrazine groups is 1. The molecule has 0 fully saturated rings. The lowest BCUT2D eigenvalue weighted by molar-refractivity contribution is -0.114. The molecule has 1 amide bonds. The molecule has 9 heavy (non-hydrogen) atoms. The van der Waals surface area contributed by atoms with E-state index in [4.69, 9.17) is 5.84 Å². The van der Waals surface area contributed by atoms with E-state index >= 15 is 0 Å². The van der Waals surface area contributed by atoms with Gasteiger partial charge in [0.05, 0.1) is 0 Å². The van der Waals surface area contributed by atoms with Crippen molar-refractivity contribution in [3.63, 3.8) is 0 Å². The van der Waals surface area contributed by atoms with Gasteiger partial charge in [-0.1, -0.05) is 0 Å². The van der Waals surface area contributed by atoms with Crippen molar-refractivity contribution in [2.45, 2.75) is 6.92 Å². The summed E-state index contributed by atoms with van der Waals surface area (Å²) in [5, 5.41) is 0. The molecule has 0 atom stereocenters. The molecule has 0 aliphatic rings. The number of aliphatic imine (C=N–C) groups is 1. The summed E-state index contributed by atoms with van der Waals surface area (Å²) in [5.74, 6) is 4.51. The van der Waals surface area contributed by atoms with Crippen LogP contribution in [-0.2, 0) is 4.79 Å². The number of rotatable bonds is 2. The molecule has 0 unspecified atom stereocenters. The number of amides is 1. The van der Waals surface area contributed by atoms with Crippen LogP contribution < -0.4 is 11.3 Å². The van der Waals surface area contributed by atoms with Gasteiger partial charge in [0, 0.05) is 11.8 Å². The number of carbonyl (C=O) groups excluding carboxylic acids is 1. The minimum atomic E-state index is -0.368. The Morgan fingerprint density at radius 1 is 1.89 bits per heavy atom. The first kappa shape index (κ1) is 7.84. The third kappa shape index (κ3) is 2.61. The van der Waals surface area contributed by atoms with Crippen LogP contribution in [0, 0.1) is 0 Å². The Labute approximate surface area is 53.4 Å². The van der Waals surface area contributed by atoms with Gasteiger partial charge in [-0.2, -0.15) is 0 Å². The van der Waals surface area contributed by atoms with Crippen molar-refractivity contribution in [1.82, 2.24) is 5.43 Å². The molecular formula is C5H9N3O. The van der Waals surface area contributed by atoms with Crippen LogP contribution in [0.2, 0.25) is 0 Å². The molecule has 3 N–H and O–H groups in total. The predicted molar refractivity (Wildman–Crippen MR) is 35.6 cm³/mol. The predicted octanol–water partition coefficient (Wildman–Crippen LogP) is -0.419. The average Bonchev–Trinajstić information content (AvgIpc) is 1.87. The zero-order valence-corrected chi connectivity index (χ0v) is 5.22. The van der Waals surface area contributed by atoms with Gasteiger partial charge in [0.2, 0.25) is 0 Å².